The summed E-state index contributed by atoms with van der Waals surface area (Å²) >= 11 is 0. The molecule has 0 spiro atoms. The fourth-order valence-corrected chi connectivity index (χ4v) is 3.22. The van der Waals surface area contributed by atoms with E-state index in [9.17, 15) is 18.5 Å². The molecule has 20 heavy (non-hydrogen) atoms. The SMILES string of the molecule is C/C=C(\C)CC(C)NS(=O)(=O)c1ccccc1[N+](=O)[O-]. The molecule has 0 aliphatic rings. The van der Waals surface area contributed by atoms with Crippen LogP contribution in [0.2, 0.25) is 0 Å². The number of nitro groups is 1. The summed E-state index contributed by atoms with van der Waals surface area (Å²) in [7, 11) is -3.91. The van der Waals surface area contributed by atoms with Crippen LogP contribution in [0.1, 0.15) is 27.2 Å². The molecular weight excluding hydrogens is 280 g/mol. The number of rotatable bonds is 6. The van der Waals surface area contributed by atoms with Crippen molar-refractivity contribution in [3.05, 3.63) is 46.0 Å². The number of nitro benzene ring substituents is 1. The Morgan fingerprint density at radius 2 is 2.05 bits per heavy atom. The zero-order valence-electron chi connectivity index (χ0n) is 11.7. The van der Waals surface area contributed by atoms with Crippen molar-refractivity contribution in [2.24, 2.45) is 0 Å². The maximum absolute atomic E-state index is 12.2. The Morgan fingerprint density at radius 1 is 1.45 bits per heavy atom. The van der Waals surface area contributed by atoms with Crippen LogP contribution in [0.25, 0.3) is 0 Å². The smallest absolute Gasteiger partial charge is 0.258 e. The van der Waals surface area contributed by atoms with Gasteiger partial charge >= 0.3 is 0 Å². The first-order valence-electron chi connectivity index (χ1n) is 6.15. The molecule has 1 N–H and O–H groups in total. The molecule has 1 atom stereocenters. The van der Waals surface area contributed by atoms with Crippen molar-refractivity contribution in [1.29, 1.82) is 0 Å². The lowest BCUT2D eigenvalue weighted by Gasteiger charge is -2.14. The average Bonchev–Trinajstić information content (AvgIpc) is 2.37. The molecule has 0 aliphatic carbocycles. The van der Waals surface area contributed by atoms with Crippen LogP contribution in [0.4, 0.5) is 5.69 Å². The summed E-state index contributed by atoms with van der Waals surface area (Å²) in [4.78, 5) is 9.87. The van der Waals surface area contributed by atoms with Gasteiger partial charge in [0.05, 0.1) is 4.92 Å². The zero-order valence-corrected chi connectivity index (χ0v) is 12.5. The van der Waals surface area contributed by atoms with Crippen LogP contribution in [0.15, 0.2) is 40.8 Å². The lowest BCUT2D eigenvalue weighted by molar-refractivity contribution is -0.387. The molecule has 0 saturated carbocycles. The van der Waals surface area contributed by atoms with Crippen molar-refractivity contribution in [2.45, 2.75) is 38.1 Å². The lowest BCUT2D eigenvalue weighted by Crippen LogP contribution is -2.33. The van der Waals surface area contributed by atoms with Gasteiger partial charge in [0.2, 0.25) is 10.0 Å². The number of para-hydroxylation sites is 1. The maximum atomic E-state index is 12.2. The molecule has 1 aromatic carbocycles. The first-order valence-corrected chi connectivity index (χ1v) is 7.63. The molecule has 0 bridgehead atoms. The molecule has 0 heterocycles. The highest BCUT2D eigenvalue weighted by molar-refractivity contribution is 7.89. The molecule has 1 rings (SSSR count). The van der Waals surface area contributed by atoms with E-state index in [4.69, 9.17) is 0 Å². The van der Waals surface area contributed by atoms with E-state index < -0.39 is 20.6 Å². The Morgan fingerprint density at radius 3 is 2.60 bits per heavy atom. The second-order valence-electron chi connectivity index (χ2n) is 4.59. The molecule has 1 unspecified atom stereocenters. The molecular formula is C13H18N2O4S. The van der Waals surface area contributed by atoms with E-state index in [1.807, 2.05) is 19.9 Å². The predicted octanol–water partition coefficient (Wildman–Crippen LogP) is 2.62. The van der Waals surface area contributed by atoms with Crippen molar-refractivity contribution in [1.82, 2.24) is 4.72 Å². The molecule has 0 amide bonds. The van der Waals surface area contributed by atoms with E-state index in [1.54, 1.807) is 6.92 Å². The number of hydrogen-bond donors (Lipinski definition) is 1. The highest BCUT2D eigenvalue weighted by Crippen LogP contribution is 2.23. The molecule has 110 valence electrons. The monoisotopic (exact) mass is 298 g/mol. The number of benzene rings is 1. The van der Waals surface area contributed by atoms with E-state index in [-0.39, 0.29) is 10.9 Å². The first kappa shape index (κ1) is 16.3. The highest BCUT2D eigenvalue weighted by atomic mass is 32.2. The summed E-state index contributed by atoms with van der Waals surface area (Å²) in [6.07, 6.45) is 2.45. The molecule has 0 aliphatic heterocycles. The molecule has 0 saturated heterocycles. The third kappa shape index (κ3) is 4.14. The number of hydrogen-bond acceptors (Lipinski definition) is 4. The minimum absolute atomic E-state index is 0.310. The van der Waals surface area contributed by atoms with Gasteiger partial charge in [-0.3, -0.25) is 10.1 Å². The third-order valence-electron chi connectivity index (χ3n) is 2.83. The highest BCUT2D eigenvalue weighted by Gasteiger charge is 2.26. The third-order valence-corrected chi connectivity index (χ3v) is 4.47. The van der Waals surface area contributed by atoms with Gasteiger partial charge in [0.1, 0.15) is 0 Å². The second-order valence-corrected chi connectivity index (χ2v) is 6.27. The number of nitrogens with one attached hydrogen (secondary N) is 1. The van der Waals surface area contributed by atoms with Crippen molar-refractivity contribution in [3.8, 4) is 0 Å². The van der Waals surface area contributed by atoms with Crippen molar-refractivity contribution < 1.29 is 13.3 Å². The Labute approximate surface area is 118 Å². The predicted molar refractivity (Wildman–Crippen MR) is 76.9 cm³/mol. The standard InChI is InChI=1S/C13H18N2O4S/c1-4-10(2)9-11(3)14-20(18,19)13-8-6-5-7-12(13)15(16)17/h4-8,11,14H,9H2,1-3H3/b10-4+. The Balaban J connectivity index is 3.03. The van der Waals surface area contributed by atoms with Gasteiger partial charge in [-0.05, 0) is 33.3 Å². The summed E-state index contributed by atoms with van der Waals surface area (Å²) in [6, 6.07) is 4.97. The fourth-order valence-electron chi connectivity index (χ4n) is 1.81. The molecule has 0 aromatic heterocycles. The van der Waals surface area contributed by atoms with Gasteiger partial charge in [0, 0.05) is 12.1 Å². The van der Waals surface area contributed by atoms with E-state index in [0.717, 1.165) is 5.57 Å². The molecule has 0 fully saturated rings. The summed E-state index contributed by atoms with van der Waals surface area (Å²) in [5, 5.41) is 10.9. The van der Waals surface area contributed by atoms with Gasteiger partial charge in [-0.1, -0.05) is 23.8 Å². The van der Waals surface area contributed by atoms with E-state index in [0.29, 0.717) is 6.42 Å². The maximum Gasteiger partial charge on any atom is 0.289 e. The van der Waals surface area contributed by atoms with Crippen LogP contribution >= 0.6 is 0 Å². The lowest BCUT2D eigenvalue weighted by atomic mass is 10.1. The Kier molecular flexibility index (Phi) is 5.41. The quantitative estimate of drug-likeness (QED) is 0.496. The molecule has 7 heteroatoms. The second kappa shape index (κ2) is 6.62. The van der Waals surface area contributed by atoms with E-state index >= 15 is 0 Å². The van der Waals surface area contributed by atoms with Crippen LogP contribution in [-0.4, -0.2) is 19.4 Å². The first-order chi connectivity index (χ1) is 9.27. The minimum atomic E-state index is -3.91. The zero-order chi connectivity index (χ0) is 15.3. The average molecular weight is 298 g/mol. The molecule has 6 nitrogen and oxygen atoms in total. The molecule has 1 aromatic rings. The minimum Gasteiger partial charge on any atom is -0.258 e. The van der Waals surface area contributed by atoms with E-state index in [1.165, 1.54) is 24.3 Å². The van der Waals surface area contributed by atoms with Gasteiger partial charge < -0.3 is 0 Å². The Hall–Kier alpha value is -1.73. The summed E-state index contributed by atoms with van der Waals surface area (Å²) in [5.74, 6) is 0. The van der Waals surface area contributed by atoms with Crippen LogP contribution < -0.4 is 4.72 Å². The topological polar surface area (TPSA) is 89.3 Å². The summed E-state index contributed by atoms with van der Waals surface area (Å²) < 4.78 is 26.9. The summed E-state index contributed by atoms with van der Waals surface area (Å²) in [5.41, 5.74) is 0.623. The van der Waals surface area contributed by atoms with Crippen molar-refractivity contribution in [3.63, 3.8) is 0 Å². The molecule has 0 radical (unpaired) electrons. The van der Waals surface area contributed by atoms with Gasteiger partial charge in [-0.15, -0.1) is 0 Å². The number of nitrogens with zero attached hydrogens (tertiary/aromatic N) is 1. The summed E-state index contributed by atoms with van der Waals surface area (Å²) in [6.45, 7) is 5.49. The van der Waals surface area contributed by atoms with Gasteiger partial charge in [0.15, 0.2) is 4.90 Å². The fraction of sp³-hybridized carbons (Fsp3) is 0.385. The van der Waals surface area contributed by atoms with Gasteiger partial charge in [-0.25, -0.2) is 13.1 Å². The Bertz CT molecular complexity index is 623. The van der Waals surface area contributed by atoms with Crippen molar-refractivity contribution in [2.75, 3.05) is 0 Å². The van der Waals surface area contributed by atoms with Crippen LogP contribution in [0, 0.1) is 10.1 Å². The van der Waals surface area contributed by atoms with Gasteiger partial charge in [0.25, 0.3) is 5.69 Å². The van der Waals surface area contributed by atoms with Crippen LogP contribution in [0.5, 0.6) is 0 Å². The number of sulfonamides is 1. The van der Waals surface area contributed by atoms with Crippen molar-refractivity contribution >= 4 is 15.7 Å². The normalized spacial score (nSPS) is 14.1. The van der Waals surface area contributed by atoms with Crippen LogP contribution in [0.3, 0.4) is 0 Å². The number of allylic oxidation sites excluding steroid dienone is 1. The van der Waals surface area contributed by atoms with Gasteiger partial charge in [-0.2, -0.15) is 0 Å². The largest absolute Gasteiger partial charge is 0.289 e. The van der Waals surface area contributed by atoms with Crippen LogP contribution in [-0.2, 0) is 10.0 Å². The van der Waals surface area contributed by atoms with E-state index in [2.05, 4.69) is 4.72 Å².